The minimum absolute atomic E-state index is 0.0980. The number of aromatic nitrogens is 2. The van der Waals surface area contributed by atoms with Gasteiger partial charge in [0.2, 0.25) is 0 Å². The minimum atomic E-state index is -0.368. The van der Waals surface area contributed by atoms with Crippen LogP contribution in [0.25, 0.3) is 11.4 Å². The van der Waals surface area contributed by atoms with E-state index in [1.165, 1.54) is 50.3 Å². The van der Waals surface area contributed by atoms with E-state index in [4.69, 9.17) is 17.2 Å². The van der Waals surface area contributed by atoms with Crippen LogP contribution in [0.3, 0.4) is 0 Å². The second-order valence-electron chi connectivity index (χ2n) is 7.69. The number of quaternary nitrogens is 2. The second-order valence-corrected chi connectivity index (χ2v) is 8.08. The Morgan fingerprint density at radius 3 is 2.61 bits per heavy atom. The molecule has 1 aromatic heterocycles. The molecular weight excluding hydrogens is 374 g/mol. The van der Waals surface area contributed by atoms with Crippen LogP contribution in [0, 0.1) is 14.8 Å². The molecule has 8 heteroatoms. The van der Waals surface area contributed by atoms with Gasteiger partial charge in [0.15, 0.2) is 0 Å². The second kappa shape index (κ2) is 8.46. The summed E-state index contributed by atoms with van der Waals surface area (Å²) in [6.45, 7) is 6.76. The number of nitro benzene ring substituents is 1. The summed E-state index contributed by atoms with van der Waals surface area (Å²) in [5.41, 5.74) is 3.55. The predicted molar refractivity (Wildman–Crippen MR) is 109 cm³/mol. The summed E-state index contributed by atoms with van der Waals surface area (Å²) in [5.74, 6) is 0.850. The third-order valence-corrected chi connectivity index (χ3v) is 6.25. The van der Waals surface area contributed by atoms with Gasteiger partial charge in [-0.3, -0.25) is 10.1 Å². The predicted octanol–water partition coefficient (Wildman–Crippen LogP) is 0.528. The maximum Gasteiger partial charge on any atom is 0.269 e. The van der Waals surface area contributed by atoms with E-state index in [0.29, 0.717) is 4.64 Å². The van der Waals surface area contributed by atoms with Crippen molar-refractivity contribution in [2.45, 2.75) is 32.2 Å². The Balaban J connectivity index is 1.72. The Labute approximate surface area is 169 Å². The van der Waals surface area contributed by atoms with E-state index in [1.54, 1.807) is 29.2 Å². The SMILES string of the molecule is O=[N+]([O-])c1ccc(-c2nc(=S)c3c(n2CC[NH+]2CC[NH2+]CC2)CCCC3)cc1. The summed E-state index contributed by atoms with van der Waals surface area (Å²) in [4.78, 5) is 17.1. The third-order valence-electron chi connectivity index (χ3n) is 5.92. The van der Waals surface area contributed by atoms with E-state index in [0.717, 1.165) is 37.3 Å². The van der Waals surface area contributed by atoms with Crippen LogP contribution in [-0.2, 0) is 19.4 Å². The molecule has 3 N–H and O–H groups in total. The highest BCUT2D eigenvalue weighted by Crippen LogP contribution is 2.28. The lowest BCUT2D eigenvalue weighted by Gasteiger charge is -2.27. The van der Waals surface area contributed by atoms with Crippen LogP contribution in [0.1, 0.15) is 24.1 Å². The molecule has 2 heterocycles. The molecule has 1 aromatic carbocycles. The summed E-state index contributed by atoms with van der Waals surface area (Å²) in [7, 11) is 0. The zero-order valence-electron chi connectivity index (χ0n) is 16.0. The lowest BCUT2D eigenvalue weighted by atomic mass is 9.96. The van der Waals surface area contributed by atoms with Gasteiger partial charge in [-0.15, -0.1) is 0 Å². The molecule has 0 unspecified atom stereocenters. The van der Waals surface area contributed by atoms with Gasteiger partial charge in [-0.1, -0.05) is 12.2 Å². The van der Waals surface area contributed by atoms with Crippen molar-refractivity contribution >= 4 is 17.9 Å². The molecule has 0 amide bonds. The van der Waals surface area contributed by atoms with Crippen LogP contribution in [0.2, 0.25) is 0 Å². The van der Waals surface area contributed by atoms with E-state index in [9.17, 15) is 10.1 Å². The summed E-state index contributed by atoms with van der Waals surface area (Å²) in [5, 5.41) is 13.4. The molecule has 0 saturated carbocycles. The average Bonchev–Trinajstić information content (AvgIpc) is 2.74. The van der Waals surface area contributed by atoms with Crippen LogP contribution < -0.4 is 10.2 Å². The molecule has 2 aromatic rings. The molecule has 1 fully saturated rings. The Morgan fingerprint density at radius 2 is 1.89 bits per heavy atom. The Hall–Kier alpha value is -2.16. The van der Waals surface area contributed by atoms with Crippen LogP contribution in [0.15, 0.2) is 24.3 Å². The fraction of sp³-hybridized carbons (Fsp3) is 0.500. The van der Waals surface area contributed by atoms with Crippen molar-refractivity contribution in [3.63, 3.8) is 0 Å². The fourth-order valence-electron chi connectivity index (χ4n) is 4.36. The first-order valence-electron chi connectivity index (χ1n) is 10.2. The highest BCUT2D eigenvalue weighted by molar-refractivity contribution is 7.71. The number of nitrogens with zero attached hydrogens (tertiary/aromatic N) is 3. The highest BCUT2D eigenvalue weighted by Gasteiger charge is 2.22. The standard InChI is InChI=1S/C20H25N5O2S/c26-25(27)16-7-5-15(6-8-16)19-22-20(28)17-3-1-2-4-18(17)24(19)14-13-23-11-9-21-10-12-23/h5-8,21H,1-4,9-14H2/p+2. The number of piperazine rings is 1. The zero-order chi connectivity index (χ0) is 19.5. The number of nitrogens with two attached hydrogens (primary N) is 1. The van der Waals surface area contributed by atoms with Crippen molar-refractivity contribution in [1.29, 1.82) is 0 Å². The number of nitro groups is 1. The number of nitrogens with one attached hydrogen (secondary N) is 1. The van der Waals surface area contributed by atoms with Gasteiger partial charge < -0.3 is 14.8 Å². The molecule has 4 rings (SSSR count). The highest BCUT2D eigenvalue weighted by atomic mass is 32.1. The first-order chi connectivity index (χ1) is 13.6. The molecular formula is C20H27N5O2S+2. The quantitative estimate of drug-likeness (QED) is 0.435. The number of hydrogen-bond donors (Lipinski definition) is 2. The molecule has 0 atom stereocenters. The Bertz CT molecular complexity index is 919. The topological polar surface area (TPSA) is 82.0 Å². The van der Waals surface area contributed by atoms with Crippen molar-refractivity contribution in [2.75, 3.05) is 32.7 Å². The lowest BCUT2D eigenvalue weighted by Crippen LogP contribution is -3.20. The molecule has 1 saturated heterocycles. The van der Waals surface area contributed by atoms with Crippen molar-refractivity contribution in [1.82, 2.24) is 9.55 Å². The normalized spacial score (nSPS) is 17.3. The van der Waals surface area contributed by atoms with E-state index in [2.05, 4.69) is 9.88 Å². The number of non-ortho nitro benzene ring substituents is 1. The van der Waals surface area contributed by atoms with Crippen molar-refractivity contribution < 1.29 is 15.1 Å². The Kier molecular flexibility index (Phi) is 5.79. The van der Waals surface area contributed by atoms with Crippen LogP contribution >= 0.6 is 12.2 Å². The zero-order valence-corrected chi connectivity index (χ0v) is 16.8. The van der Waals surface area contributed by atoms with Gasteiger partial charge in [-0.2, -0.15) is 0 Å². The number of benzene rings is 1. The van der Waals surface area contributed by atoms with Crippen LogP contribution in [0.5, 0.6) is 0 Å². The van der Waals surface area contributed by atoms with Crippen LogP contribution in [-0.4, -0.2) is 47.2 Å². The minimum Gasteiger partial charge on any atom is -0.337 e. The molecule has 1 aliphatic carbocycles. The van der Waals surface area contributed by atoms with Gasteiger partial charge in [0.1, 0.15) is 36.6 Å². The van der Waals surface area contributed by atoms with Gasteiger partial charge in [0, 0.05) is 29.0 Å². The third kappa shape index (κ3) is 3.99. The van der Waals surface area contributed by atoms with E-state index >= 15 is 0 Å². The molecule has 0 radical (unpaired) electrons. The first kappa shape index (κ1) is 19.2. The molecule has 7 nitrogen and oxygen atoms in total. The van der Waals surface area contributed by atoms with Crippen LogP contribution in [0.4, 0.5) is 5.69 Å². The molecule has 148 valence electrons. The average molecular weight is 402 g/mol. The number of rotatable bonds is 5. The van der Waals surface area contributed by atoms with Crippen molar-refractivity contribution in [3.05, 3.63) is 50.3 Å². The molecule has 2 aliphatic rings. The van der Waals surface area contributed by atoms with Gasteiger partial charge in [0.25, 0.3) is 5.69 Å². The van der Waals surface area contributed by atoms with E-state index in [-0.39, 0.29) is 10.6 Å². The summed E-state index contributed by atoms with van der Waals surface area (Å²) in [6.07, 6.45) is 4.39. The van der Waals surface area contributed by atoms with E-state index < -0.39 is 0 Å². The summed E-state index contributed by atoms with van der Waals surface area (Å²) >= 11 is 5.62. The molecule has 28 heavy (non-hydrogen) atoms. The molecule has 0 spiro atoms. The van der Waals surface area contributed by atoms with Crippen molar-refractivity contribution in [3.8, 4) is 11.4 Å². The maximum atomic E-state index is 11.0. The number of hydrogen-bond acceptors (Lipinski definition) is 4. The molecule has 0 bridgehead atoms. The summed E-state index contributed by atoms with van der Waals surface area (Å²) in [6, 6.07) is 6.69. The van der Waals surface area contributed by atoms with E-state index in [1.807, 2.05) is 0 Å². The lowest BCUT2D eigenvalue weighted by molar-refractivity contribution is -0.947. The fourth-order valence-corrected chi connectivity index (χ4v) is 4.67. The number of fused-ring (bicyclic) bond motifs is 1. The van der Waals surface area contributed by atoms with Crippen molar-refractivity contribution in [2.24, 2.45) is 0 Å². The summed E-state index contributed by atoms with van der Waals surface area (Å²) < 4.78 is 3.04. The van der Waals surface area contributed by atoms with Gasteiger partial charge in [-0.05, 0) is 37.8 Å². The van der Waals surface area contributed by atoms with Gasteiger partial charge in [0.05, 0.1) is 18.0 Å². The Morgan fingerprint density at radius 1 is 1.18 bits per heavy atom. The molecule has 1 aliphatic heterocycles. The largest absolute Gasteiger partial charge is 0.337 e. The maximum absolute atomic E-state index is 11.0. The first-order valence-corrected chi connectivity index (χ1v) is 10.6. The van der Waals surface area contributed by atoms with Gasteiger partial charge in [-0.25, -0.2) is 4.98 Å². The van der Waals surface area contributed by atoms with Gasteiger partial charge >= 0.3 is 0 Å². The smallest absolute Gasteiger partial charge is 0.269 e. The monoisotopic (exact) mass is 401 g/mol.